The second-order valence-corrected chi connectivity index (χ2v) is 7.57. The van der Waals surface area contributed by atoms with Gasteiger partial charge in [0.25, 0.3) is 0 Å². The van der Waals surface area contributed by atoms with Crippen LogP contribution in [0.15, 0.2) is 36.4 Å². The Balaban J connectivity index is 2.24. The molecule has 1 atom stereocenters. The van der Waals surface area contributed by atoms with Gasteiger partial charge in [0.15, 0.2) is 0 Å². The van der Waals surface area contributed by atoms with E-state index < -0.39 is 17.6 Å². The van der Waals surface area contributed by atoms with Gasteiger partial charge in [-0.05, 0) is 56.0 Å². The molecule has 6 heteroatoms. The number of hydrogen-bond donors (Lipinski definition) is 2. The number of carbonyl (C=O) groups is 1. The first kappa shape index (κ1) is 21.7. The summed E-state index contributed by atoms with van der Waals surface area (Å²) in [7, 11) is 3.15. The summed E-state index contributed by atoms with van der Waals surface area (Å²) in [5.74, 6) is 0.808. The molecule has 0 aliphatic heterocycles. The van der Waals surface area contributed by atoms with Crippen LogP contribution in [-0.4, -0.2) is 36.9 Å². The number of aliphatic hydroxyl groups excluding tert-OH is 1. The highest BCUT2D eigenvalue weighted by Crippen LogP contribution is 2.39. The summed E-state index contributed by atoms with van der Waals surface area (Å²) in [6.07, 6.45) is 0.382. The van der Waals surface area contributed by atoms with Crippen molar-refractivity contribution in [3.8, 4) is 22.6 Å². The van der Waals surface area contributed by atoms with Crippen LogP contribution in [0.3, 0.4) is 0 Å². The summed E-state index contributed by atoms with van der Waals surface area (Å²) in [6.45, 7) is 5.34. The van der Waals surface area contributed by atoms with E-state index in [4.69, 9.17) is 19.9 Å². The van der Waals surface area contributed by atoms with Crippen LogP contribution in [-0.2, 0) is 22.6 Å². The molecule has 0 radical (unpaired) electrons. The molecule has 0 aromatic heterocycles. The number of benzene rings is 2. The number of hydrogen-bond acceptors (Lipinski definition) is 6. The van der Waals surface area contributed by atoms with E-state index in [-0.39, 0.29) is 6.61 Å². The summed E-state index contributed by atoms with van der Waals surface area (Å²) >= 11 is 0. The molecule has 0 saturated carbocycles. The molecule has 0 bridgehead atoms. The Hall–Kier alpha value is -2.57. The van der Waals surface area contributed by atoms with Gasteiger partial charge in [-0.2, -0.15) is 0 Å². The summed E-state index contributed by atoms with van der Waals surface area (Å²) in [6, 6.07) is 10.5. The molecular weight excluding hydrogens is 358 g/mol. The summed E-state index contributed by atoms with van der Waals surface area (Å²) in [5, 5.41) is 9.41. The zero-order valence-electron chi connectivity index (χ0n) is 17.1. The quantitative estimate of drug-likeness (QED) is 0.710. The van der Waals surface area contributed by atoms with E-state index in [1.165, 1.54) is 0 Å². The van der Waals surface area contributed by atoms with E-state index in [2.05, 4.69) is 0 Å². The zero-order valence-corrected chi connectivity index (χ0v) is 17.1. The maximum atomic E-state index is 12.1. The number of methoxy groups -OCH3 is 2. The first-order valence-electron chi connectivity index (χ1n) is 9.12. The first-order chi connectivity index (χ1) is 13.2. The maximum absolute atomic E-state index is 12.1. The molecule has 0 saturated heterocycles. The van der Waals surface area contributed by atoms with Crippen molar-refractivity contribution < 1.29 is 24.1 Å². The lowest BCUT2D eigenvalue weighted by Crippen LogP contribution is -2.38. The van der Waals surface area contributed by atoms with Gasteiger partial charge in [-0.15, -0.1) is 0 Å². The topological polar surface area (TPSA) is 91.0 Å². The van der Waals surface area contributed by atoms with Gasteiger partial charge < -0.3 is 25.1 Å². The third kappa shape index (κ3) is 5.47. The fourth-order valence-corrected chi connectivity index (χ4v) is 2.86. The van der Waals surface area contributed by atoms with Gasteiger partial charge in [-0.3, -0.25) is 4.79 Å². The molecule has 6 nitrogen and oxygen atoms in total. The molecule has 0 fully saturated rings. The van der Waals surface area contributed by atoms with Crippen molar-refractivity contribution in [2.24, 2.45) is 5.73 Å². The van der Waals surface area contributed by atoms with Crippen LogP contribution in [0.5, 0.6) is 11.5 Å². The van der Waals surface area contributed by atoms with Gasteiger partial charge in [0.05, 0.1) is 26.4 Å². The molecule has 0 aliphatic carbocycles. The highest BCUT2D eigenvalue weighted by atomic mass is 16.6. The van der Waals surface area contributed by atoms with Gasteiger partial charge in [-0.25, -0.2) is 0 Å². The highest BCUT2D eigenvalue weighted by molar-refractivity contribution is 5.78. The van der Waals surface area contributed by atoms with E-state index in [0.717, 1.165) is 16.7 Å². The van der Waals surface area contributed by atoms with Crippen LogP contribution in [0, 0.1) is 0 Å². The van der Waals surface area contributed by atoms with Gasteiger partial charge in [0.2, 0.25) is 0 Å². The van der Waals surface area contributed by atoms with Crippen LogP contribution >= 0.6 is 0 Å². The Bertz CT molecular complexity index is 784. The lowest BCUT2D eigenvalue weighted by atomic mass is 9.98. The van der Waals surface area contributed by atoms with Crippen molar-refractivity contribution in [1.29, 1.82) is 0 Å². The standard InChI is InChI=1S/C22H29NO5/c1-22(2,3)28-21(25)17(23)10-14-6-8-16(9-7-14)20-18(26-4)11-15(13-24)12-19(20)27-5/h6-9,11-12,17,24H,10,13,23H2,1-5H3/t17-/m0/s1. The minimum atomic E-state index is -0.724. The summed E-state index contributed by atoms with van der Waals surface area (Å²) in [4.78, 5) is 12.1. The smallest absolute Gasteiger partial charge is 0.323 e. The zero-order chi connectivity index (χ0) is 20.9. The van der Waals surface area contributed by atoms with Crippen molar-refractivity contribution in [1.82, 2.24) is 0 Å². The Kier molecular flexibility index (Phi) is 7.05. The Morgan fingerprint density at radius 2 is 1.57 bits per heavy atom. The average molecular weight is 387 g/mol. The third-order valence-corrected chi connectivity index (χ3v) is 4.16. The van der Waals surface area contributed by atoms with E-state index in [0.29, 0.717) is 23.5 Å². The second-order valence-electron chi connectivity index (χ2n) is 7.57. The summed E-state index contributed by atoms with van der Waals surface area (Å²) in [5.41, 5.74) is 8.75. The van der Waals surface area contributed by atoms with Crippen LogP contribution in [0.4, 0.5) is 0 Å². The Labute approximate surface area is 166 Å². The highest BCUT2D eigenvalue weighted by Gasteiger charge is 2.22. The molecule has 28 heavy (non-hydrogen) atoms. The second kappa shape index (κ2) is 9.08. The SMILES string of the molecule is COc1cc(CO)cc(OC)c1-c1ccc(C[C@H](N)C(=O)OC(C)(C)C)cc1. The van der Waals surface area contributed by atoms with Crippen LogP contribution < -0.4 is 15.2 Å². The average Bonchev–Trinajstić information content (AvgIpc) is 2.66. The van der Waals surface area contributed by atoms with Gasteiger partial charge in [0.1, 0.15) is 23.1 Å². The van der Waals surface area contributed by atoms with Crippen LogP contribution in [0.25, 0.3) is 11.1 Å². The number of ether oxygens (including phenoxy) is 3. The van der Waals surface area contributed by atoms with E-state index in [1.807, 2.05) is 45.0 Å². The van der Waals surface area contributed by atoms with Gasteiger partial charge in [-0.1, -0.05) is 24.3 Å². The first-order valence-corrected chi connectivity index (χ1v) is 9.12. The number of nitrogens with two attached hydrogens (primary N) is 1. The molecule has 2 aromatic rings. The maximum Gasteiger partial charge on any atom is 0.323 e. The minimum Gasteiger partial charge on any atom is -0.496 e. The molecule has 0 spiro atoms. The monoisotopic (exact) mass is 387 g/mol. The molecule has 2 rings (SSSR count). The third-order valence-electron chi connectivity index (χ3n) is 4.16. The summed E-state index contributed by atoms with van der Waals surface area (Å²) < 4.78 is 16.3. The number of aliphatic hydroxyl groups is 1. The lowest BCUT2D eigenvalue weighted by Gasteiger charge is -2.22. The Morgan fingerprint density at radius 3 is 2.00 bits per heavy atom. The molecule has 2 aromatic carbocycles. The lowest BCUT2D eigenvalue weighted by molar-refractivity contribution is -0.156. The fourth-order valence-electron chi connectivity index (χ4n) is 2.86. The van der Waals surface area contributed by atoms with E-state index in [9.17, 15) is 9.90 Å². The van der Waals surface area contributed by atoms with E-state index in [1.54, 1.807) is 26.4 Å². The van der Waals surface area contributed by atoms with Crippen LogP contribution in [0.2, 0.25) is 0 Å². The van der Waals surface area contributed by atoms with Crippen molar-refractivity contribution in [3.63, 3.8) is 0 Å². The predicted octanol–water partition coefficient (Wildman–Crippen LogP) is 3.07. The normalized spacial score (nSPS) is 12.4. The predicted molar refractivity (Wildman–Crippen MR) is 108 cm³/mol. The van der Waals surface area contributed by atoms with Crippen LogP contribution in [0.1, 0.15) is 31.9 Å². The molecule has 0 amide bonds. The number of esters is 1. The van der Waals surface area contributed by atoms with E-state index >= 15 is 0 Å². The molecule has 152 valence electrons. The molecule has 0 aliphatic rings. The van der Waals surface area contributed by atoms with Crippen molar-refractivity contribution in [2.75, 3.05) is 14.2 Å². The van der Waals surface area contributed by atoms with Crippen molar-refractivity contribution in [3.05, 3.63) is 47.5 Å². The van der Waals surface area contributed by atoms with Gasteiger partial charge >= 0.3 is 5.97 Å². The molecule has 0 heterocycles. The van der Waals surface area contributed by atoms with Gasteiger partial charge in [0, 0.05) is 0 Å². The molecular formula is C22H29NO5. The van der Waals surface area contributed by atoms with Crippen molar-refractivity contribution in [2.45, 2.75) is 45.4 Å². The largest absolute Gasteiger partial charge is 0.496 e. The fraction of sp³-hybridized carbons (Fsp3) is 0.409. The minimum absolute atomic E-state index is 0.103. The number of carbonyl (C=O) groups excluding carboxylic acids is 1. The molecule has 0 unspecified atom stereocenters. The Morgan fingerprint density at radius 1 is 1.04 bits per heavy atom. The van der Waals surface area contributed by atoms with Crippen molar-refractivity contribution >= 4 is 5.97 Å². The molecule has 3 N–H and O–H groups in total. The number of rotatable bonds is 7.